The molecule has 2 aliphatic rings. The number of esters is 2. The van der Waals surface area contributed by atoms with Crippen molar-refractivity contribution in [3.63, 3.8) is 0 Å². The van der Waals surface area contributed by atoms with Gasteiger partial charge in [-0.1, -0.05) is 69.4 Å². The predicted molar refractivity (Wildman–Crippen MR) is 215 cm³/mol. The van der Waals surface area contributed by atoms with Crippen molar-refractivity contribution < 1.29 is 41.5 Å². The van der Waals surface area contributed by atoms with Crippen molar-refractivity contribution in [1.82, 2.24) is 4.90 Å². The lowest BCUT2D eigenvalue weighted by atomic mass is 9.89. The van der Waals surface area contributed by atoms with E-state index in [2.05, 4.69) is 0 Å². The molecule has 10 nitrogen and oxygen atoms in total. The highest BCUT2D eigenvalue weighted by atomic mass is 35.5. The van der Waals surface area contributed by atoms with E-state index in [1.165, 1.54) is 25.5 Å². The van der Waals surface area contributed by atoms with Gasteiger partial charge in [0.2, 0.25) is 6.29 Å². The molecule has 292 valence electrons. The van der Waals surface area contributed by atoms with Crippen molar-refractivity contribution >= 4 is 89.2 Å². The molecule has 0 radical (unpaired) electrons. The first kappa shape index (κ1) is 41.2. The molecule has 1 fully saturated rings. The van der Waals surface area contributed by atoms with Crippen molar-refractivity contribution in [2.24, 2.45) is 5.92 Å². The van der Waals surface area contributed by atoms with Crippen LogP contribution in [-0.4, -0.2) is 67.0 Å². The number of hydrogen-bond acceptors (Lipinski definition) is 11. The van der Waals surface area contributed by atoms with Crippen molar-refractivity contribution in [2.45, 2.75) is 81.3 Å². The van der Waals surface area contributed by atoms with Gasteiger partial charge >= 0.3 is 11.9 Å². The Kier molecular flexibility index (Phi) is 13.6. The zero-order valence-corrected chi connectivity index (χ0v) is 34.3. The Morgan fingerprint density at radius 1 is 1.04 bits per heavy atom. The SMILES string of the molecule is CC(OC(=O)CCCC[C@@H]1CCSS1)OC(=O)[C@@H](CC(=O)c1c(Cl)cc2c(c1Cl)CCN(C(=O)c1ccc3ccoc3c1)C2)Cc1cccc(S(C)(=O)=O)c1. The Hall–Kier alpha value is -3.49. The number of rotatable bonds is 15. The molecule has 0 saturated carbocycles. The summed E-state index contributed by atoms with van der Waals surface area (Å²) >= 11 is 13.6. The summed E-state index contributed by atoms with van der Waals surface area (Å²) in [5.41, 5.74) is 3.00. The van der Waals surface area contributed by atoms with Crippen LogP contribution in [0.15, 0.2) is 70.2 Å². The van der Waals surface area contributed by atoms with Gasteiger partial charge in [-0.25, -0.2) is 8.42 Å². The maximum Gasteiger partial charge on any atom is 0.312 e. The molecular weight excluding hydrogens is 806 g/mol. The molecule has 3 aromatic carbocycles. The van der Waals surface area contributed by atoms with E-state index in [-0.39, 0.29) is 52.2 Å². The average molecular weight is 847 g/mol. The number of furan rings is 1. The van der Waals surface area contributed by atoms with Gasteiger partial charge in [0.05, 0.1) is 32.7 Å². The first-order valence-electron chi connectivity index (χ1n) is 18.0. The van der Waals surface area contributed by atoms with Gasteiger partial charge in [0.15, 0.2) is 15.6 Å². The van der Waals surface area contributed by atoms with Gasteiger partial charge in [-0.15, -0.1) is 0 Å². The van der Waals surface area contributed by atoms with Crippen molar-refractivity contribution in [3.05, 3.63) is 98.7 Å². The normalized spacial score (nSPS) is 16.7. The third-order valence-electron chi connectivity index (χ3n) is 9.71. The molecule has 3 heterocycles. The minimum atomic E-state index is -3.55. The minimum absolute atomic E-state index is 0.0434. The van der Waals surface area contributed by atoms with E-state index in [1.807, 2.05) is 33.7 Å². The number of fused-ring (bicyclic) bond motifs is 2. The Labute approximate surface area is 338 Å². The van der Waals surface area contributed by atoms with Gasteiger partial charge in [0.1, 0.15) is 5.58 Å². The minimum Gasteiger partial charge on any atom is -0.464 e. The number of hydrogen-bond donors (Lipinski definition) is 0. The second kappa shape index (κ2) is 18.2. The number of sulfone groups is 1. The van der Waals surface area contributed by atoms with Crippen LogP contribution in [0, 0.1) is 5.92 Å². The molecule has 15 heteroatoms. The van der Waals surface area contributed by atoms with E-state index in [4.69, 9.17) is 37.1 Å². The Bertz CT molecular complexity index is 2200. The lowest BCUT2D eigenvalue weighted by Crippen LogP contribution is -2.36. The standard InChI is InChI=1S/C40H41Cl2NO9S3/c1-24(51-36(45)9-4-3-7-30-14-17-53-54-30)52-40(47)28(18-25-6-5-8-31(19-25)55(2,48)49)21-34(44)37-33(41)20-29-23-43(15-12-32(29)38(37)42)39(46)27-11-10-26-13-16-50-35(26)22-27/h5-6,8,10-11,13,16,19-20,22,24,28,30H,3-4,7,9,12,14-15,17-18,21,23H2,1-2H3/t24?,28-,30-/m1/s1. The summed E-state index contributed by atoms with van der Waals surface area (Å²) in [7, 11) is 0.216. The smallest absolute Gasteiger partial charge is 0.312 e. The van der Waals surface area contributed by atoms with Crippen molar-refractivity contribution in [3.8, 4) is 0 Å². The van der Waals surface area contributed by atoms with E-state index < -0.39 is 39.8 Å². The van der Waals surface area contributed by atoms with E-state index in [0.717, 1.165) is 30.2 Å². The van der Waals surface area contributed by atoms with Crippen LogP contribution in [0.2, 0.25) is 10.0 Å². The van der Waals surface area contributed by atoms with E-state index in [9.17, 15) is 27.6 Å². The number of halogens is 2. The molecule has 1 aromatic heterocycles. The summed E-state index contributed by atoms with van der Waals surface area (Å²) in [5.74, 6) is -1.96. The molecule has 3 atom stereocenters. The number of ether oxygens (including phenoxy) is 2. The van der Waals surface area contributed by atoms with Crippen molar-refractivity contribution in [2.75, 3.05) is 18.6 Å². The van der Waals surface area contributed by atoms with Gasteiger partial charge in [-0.05, 0) is 85.2 Å². The molecule has 6 rings (SSSR count). The molecule has 0 aliphatic carbocycles. The highest BCUT2D eigenvalue weighted by Crippen LogP contribution is 2.40. The van der Waals surface area contributed by atoms with Crippen LogP contribution in [0.25, 0.3) is 11.0 Å². The second-order valence-electron chi connectivity index (χ2n) is 13.9. The number of ketones is 1. The Morgan fingerprint density at radius 2 is 1.85 bits per heavy atom. The van der Waals surface area contributed by atoms with Crippen LogP contribution < -0.4 is 0 Å². The van der Waals surface area contributed by atoms with E-state index in [0.29, 0.717) is 52.5 Å². The van der Waals surface area contributed by atoms with Gasteiger partial charge in [-0.3, -0.25) is 19.2 Å². The van der Waals surface area contributed by atoms with Crippen molar-refractivity contribution in [1.29, 1.82) is 0 Å². The van der Waals surface area contributed by atoms with Gasteiger partial charge in [0, 0.05) is 61.1 Å². The fourth-order valence-electron chi connectivity index (χ4n) is 6.84. The maximum atomic E-state index is 14.0. The highest BCUT2D eigenvalue weighted by Gasteiger charge is 2.32. The summed E-state index contributed by atoms with van der Waals surface area (Å²) < 4.78 is 41.0. The molecule has 0 bridgehead atoms. The summed E-state index contributed by atoms with van der Waals surface area (Å²) in [6, 6.07) is 14.8. The highest BCUT2D eigenvalue weighted by molar-refractivity contribution is 8.77. The maximum absolute atomic E-state index is 14.0. The summed E-state index contributed by atoms with van der Waals surface area (Å²) in [4.78, 5) is 55.4. The fraction of sp³-hybridized carbons (Fsp3) is 0.400. The topological polar surface area (TPSA) is 137 Å². The van der Waals surface area contributed by atoms with Gasteiger partial charge in [-0.2, -0.15) is 0 Å². The van der Waals surface area contributed by atoms with Gasteiger partial charge in [0.25, 0.3) is 5.91 Å². The van der Waals surface area contributed by atoms with Crippen LogP contribution in [-0.2, 0) is 48.3 Å². The number of carbonyl (C=O) groups is 4. The molecule has 2 aliphatic heterocycles. The zero-order chi connectivity index (χ0) is 39.3. The monoisotopic (exact) mass is 845 g/mol. The van der Waals surface area contributed by atoms with E-state index >= 15 is 0 Å². The Balaban J connectivity index is 1.15. The quantitative estimate of drug-likeness (QED) is 0.0373. The van der Waals surface area contributed by atoms with Gasteiger partial charge < -0.3 is 18.8 Å². The number of nitrogens with zero attached hydrogens (tertiary/aromatic N) is 1. The van der Waals surface area contributed by atoms with Crippen LogP contribution in [0.5, 0.6) is 0 Å². The number of benzene rings is 3. The van der Waals surface area contributed by atoms with E-state index in [1.54, 1.807) is 41.5 Å². The van der Waals surface area contributed by atoms with Crippen LogP contribution >= 0.6 is 44.8 Å². The number of carbonyl (C=O) groups excluding carboxylic acids is 4. The van der Waals surface area contributed by atoms with Crippen LogP contribution in [0.4, 0.5) is 0 Å². The average Bonchev–Trinajstić information content (AvgIpc) is 3.84. The first-order chi connectivity index (χ1) is 26.3. The second-order valence-corrected chi connectivity index (χ2v) is 19.4. The number of unbranched alkanes of at least 4 members (excludes halogenated alkanes) is 1. The summed E-state index contributed by atoms with van der Waals surface area (Å²) in [6.45, 7) is 2.00. The molecule has 1 saturated heterocycles. The molecule has 1 unspecified atom stereocenters. The lowest BCUT2D eigenvalue weighted by Gasteiger charge is -2.30. The molecule has 4 aromatic rings. The fourth-order valence-corrected chi connectivity index (χ4v) is 11.4. The number of amides is 1. The van der Waals surface area contributed by atoms with Crippen LogP contribution in [0.3, 0.4) is 0 Å². The molecule has 55 heavy (non-hydrogen) atoms. The molecule has 0 spiro atoms. The summed E-state index contributed by atoms with van der Waals surface area (Å²) in [5, 5.41) is 1.72. The molecular formula is C40H41Cl2NO9S3. The molecule has 1 amide bonds. The first-order valence-corrected chi connectivity index (χ1v) is 23.1. The summed E-state index contributed by atoms with van der Waals surface area (Å²) in [6.07, 6.45) is 5.32. The Morgan fingerprint density at radius 3 is 2.62 bits per heavy atom. The zero-order valence-electron chi connectivity index (χ0n) is 30.4. The third kappa shape index (κ3) is 10.5. The lowest BCUT2D eigenvalue weighted by molar-refractivity contribution is -0.187. The number of Topliss-reactive ketones (excluding diaryl/α,β-unsaturated/α-hetero) is 1. The predicted octanol–water partition coefficient (Wildman–Crippen LogP) is 8.92. The largest absolute Gasteiger partial charge is 0.464 e. The third-order valence-corrected chi connectivity index (χ3v) is 14.5. The van der Waals surface area contributed by atoms with Crippen LogP contribution in [0.1, 0.15) is 82.9 Å². The molecule has 0 N–H and O–H groups in total.